The Morgan fingerprint density at radius 1 is 1.47 bits per heavy atom. The van der Waals surface area contributed by atoms with Gasteiger partial charge in [0.25, 0.3) is 5.91 Å². The fourth-order valence-electron chi connectivity index (χ4n) is 1.44. The molecule has 1 unspecified atom stereocenters. The Balaban J connectivity index is 2.89. The SMILES string of the molecule is CC(C)NC(=O)C(C)Oc1c(N)cc(C#N)cc1I. The van der Waals surface area contributed by atoms with Crippen LogP contribution in [0.15, 0.2) is 12.1 Å². The zero-order chi connectivity index (χ0) is 14.6. The molecule has 0 aliphatic heterocycles. The number of nitrogen functional groups attached to an aromatic ring is 1. The first-order chi connectivity index (χ1) is 8.85. The van der Waals surface area contributed by atoms with Gasteiger partial charge in [0.2, 0.25) is 0 Å². The minimum absolute atomic E-state index is 0.0518. The smallest absolute Gasteiger partial charge is 0.260 e. The van der Waals surface area contributed by atoms with E-state index in [0.29, 0.717) is 20.6 Å². The van der Waals surface area contributed by atoms with Crippen molar-refractivity contribution in [1.82, 2.24) is 5.32 Å². The van der Waals surface area contributed by atoms with E-state index >= 15 is 0 Å². The molecular formula is C13H16IN3O2. The van der Waals surface area contributed by atoms with Gasteiger partial charge in [-0.15, -0.1) is 0 Å². The number of carbonyl (C=O) groups excluding carboxylic acids is 1. The second kappa shape index (κ2) is 6.61. The molecule has 1 aromatic rings. The summed E-state index contributed by atoms with van der Waals surface area (Å²) in [5.41, 5.74) is 6.66. The largest absolute Gasteiger partial charge is 0.478 e. The summed E-state index contributed by atoms with van der Waals surface area (Å²) in [7, 11) is 0. The second-order valence-electron chi connectivity index (χ2n) is 4.41. The first kappa shape index (κ1) is 15.6. The molecule has 0 radical (unpaired) electrons. The molecule has 1 atom stereocenters. The number of hydrogen-bond donors (Lipinski definition) is 2. The number of hydrogen-bond acceptors (Lipinski definition) is 4. The number of carbonyl (C=O) groups is 1. The van der Waals surface area contributed by atoms with Gasteiger partial charge in [0.05, 0.1) is 20.9 Å². The van der Waals surface area contributed by atoms with E-state index in [0.717, 1.165) is 0 Å². The van der Waals surface area contributed by atoms with E-state index in [1.165, 1.54) is 6.07 Å². The van der Waals surface area contributed by atoms with Crippen molar-refractivity contribution in [2.24, 2.45) is 0 Å². The molecule has 19 heavy (non-hydrogen) atoms. The molecule has 1 rings (SSSR count). The maximum atomic E-state index is 11.8. The van der Waals surface area contributed by atoms with Crippen LogP contribution >= 0.6 is 22.6 Å². The minimum atomic E-state index is -0.647. The number of anilines is 1. The highest BCUT2D eigenvalue weighted by molar-refractivity contribution is 14.1. The molecule has 0 bridgehead atoms. The molecule has 1 amide bonds. The molecule has 6 heteroatoms. The van der Waals surface area contributed by atoms with Crippen molar-refractivity contribution in [1.29, 1.82) is 5.26 Å². The van der Waals surface area contributed by atoms with Crippen LogP contribution in [0.4, 0.5) is 5.69 Å². The predicted octanol–water partition coefficient (Wildman–Crippen LogP) is 2.04. The second-order valence-corrected chi connectivity index (χ2v) is 5.57. The number of halogens is 1. The lowest BCUT2D eigenvalue weighted by Gasteiger charge is -2.18. The van der Waals surface area contributed by atoms with E-state index in [2.05, 4.69) is 5.32 Å². The first-order valence-electron chi connectivity index (χ1n) is 5.81. The lowest BCUT2D eigenvalue weighted by atomic mass is 10.2. The number of nitrogens with two attached hydrogens (primary N) is 1. The van der Waals surface area contributed by atoms with Crippen molar-refractivity contribution >= 4 is 34.2 Å². The van der Waals surface area contributed by atoms with Crippen molar-refractivity contribution in [2.45, 2.75) is 32.9 Å². The van der Waals surface area contributed by atoms with Gasteiger partial charge in [-0.25, -0.2) is 0 Å². The van der Waals surface area contributed by atoms with Crippen LogP contribution in [0.3, 0.4) is 0 Å². The average molecular weight is 373 g/mol. The number of nitriles is 1. The van der Waals surface area contributed by atoms with E-state index in [4.69, 9.17) is 15.7 Å². The Morgan fingerprint density at radius 2 is 2.11 bits per heavy atom. The van der Waals surface area contributed by atoms with Gasteiger partial charge < -0.3 is 15.8 Å². The Kier molecular flexibility index (Phi) is 5.42. The van der Waals surface area contributed by atoms with Gasteiger partial charge >= 0.3 is 0 Å². The maximum absolute atomic E-state index is 11.8. The number of rotatable bonds is 4. The number of ether oxygens (including phenoxy) is 1. The fourth-order valence-corrected chi connectivity index (χ4v) is 2.21. The van der Waals surface area contributed by atoms with E-state index in [-0.39, 0.29) is 11.9 Å². The molecule has 0 aliphatic rings. The van der Waals surface area contributed by atoms with Crippen LogP contribution in [-0.2, 0) is 4.79 Å². The van der Waals surface area contributed by atoms with Crippen LogP contribution in [0.25, 0.3) is 0 Å². The topological polar surface area (TPSA) is 88.1 Å². The number of nitrogens with one attached hydrogen (secondary N) is 1. The van der Waals surface area contributed by atoms with Gasteiger partial charge in [0, 0.05) is 6.04 Å². The molecule has 0 heterocycles. The molecular weight excluding hydrogens is 357 g/mol. The normalized spacial score (nSPS) is 11.8. The average Bonchev–Trinajstić information content (AvgIpc) is 2.32. The van der Waals surface area contributed by atoms with Crippen LogP contribution in [0.5, 0.6) is 5.75 Å². The summed E-state index contributed by atoms with van der Waals surface area (Å²) in [5.74, 6) is 0.237. The van der Waals surface area contributed by atoms with Crippen LogP contribution < -0.4 is 15.8 Å². The molecule has 0 fully saturated rings. The third kappa shape index (κ3) is 4.28. The third-order valence-corrected chi connectivity index (χ3v) is 3.10. The van der Waals surface area contributed by atoms with Gasteiger partial charge in [0.15, 0.2) is 11.9 Å². The highest BCUT2D eigenvalue weighted by Gasteiger charge is 2.18. The molecule has 0 aromatic heterocycles. The van der Waals surface area contributed by atoms with Crippen LogP contribution in [0, 0.1) is 14.9 Å². The summed E-state index contributed by atoms with van der Waals surface area (Å²) in [4.78, 5) is 11.8. The Labute approximate surface area is 126 Å². The summed E-state index contributed by atoms with van der Waals surface area (Å²) in [5, 5.41) is 11.6. The van der Waals surface area contributed by atoms with Crippen LogP contribution in [0.1, 0.15) is 26.3 Å². The number of amides is 1. The molecule has 0 saturated heterocycles. The van der Waals surface area contributed by atoms with Gasteiger partial charge in [-0.1, -0.05) is 0 Å². The van der Waals surface area contributed by atoms with Crippen molar-refractivity contribution in [3.63, 3.8) is 0 Å². The fraction of sp³-hybridized carbons (Fsp3) is 0.385. The summed E-state index contributed by atoms with van der Waals surface area (Å²) < 4.78 is 6.29. The molecule has 0 aliphatic carbocycles. The van der Waals surface area contributed by atoms with Crippen molar-refractivity contribution < 1.29 is 9.53 Å². The lowest BCUT2D eigenvalue weighted by Crippen LogP contribution is -2.40. The molecule has 5 nitrogen and oxygen atoms in total. The van der Waals surface area contributed by atoms with E-state index in [1.54, 1.807) is 13.0 Å². The number of nitrogens with zero attached hydrogens (tertiary/aromatic N) is 1. The van der Waals surface area contributed by atoms with Crippen molar-refractivity contribution in [3.8, 4) is 11.8 Å². The molecule has 0 spiro atoms. The van der Waals surface area contributed by atoms with Gasteiger partial charge in [-0.2, -0.15) is 5.26 Å². The quantitative estimate of drug-likeness (QED) is 0.625. The Hall–Kier alpha value is -1.49. The Bertz CT molecular complexity index is 500. The summed E-state index contributed by atoms with van der Waals surface area (Å²) >= 11 is 2.03. The molecule has 1 aromatic carbocycles. The maximum Gasteiger partial charge on any atom is 0.260 e. The summed E-state index contributed by atoms with van der Waals surface area (Å²) in [6.45, 7) is 5.42. The zero-order valence-electron chi connectivity index (χ0n) is 11.0. The molecule has 3 N–H and O–H groups in total. The van der Waals surface area contributed by atoms with Gasteiger partial charge in [-0.05, 0) is 55.5 Å². The van der Waals surface area contributed by atoms with E-state index in [9.17, 15) is 4.79 Å². The van der Waals surface area contributed by atoms with Crippen LogP contribution in [-0.4, -0.2) is 18.1 Å². The Morgan fingerprint density at radius 3 is 2.58 bits per heavy atom. The monoisotopic (exact) mass is 373 g/mol. The highest BCUT2D eigenvalue weighted by Crippen LogP contribution is 2.30. The minimum Gasteiger partial charge on any atom is -0.478 e. The highest BCUT2D eigenvalue weighted by atomic mass is 127. The standard InChI is InChI=1S/C13H16IN3O2/c1-7(2)17-13(18)8(3)19-12-10(14)4-9(6-15)5-11(12)16/h4-5,7-8H,16H2,1-3H3,(H,17,18). The predicted molar refractivity (Wildman–Crippen MR) is 81.7 cm³/mol. The van der Waals surface area contributed by atoms with Gasteiger partial charge in [-0.3, -0.25) is 4.79 Å². The molecule has 0 saturated carbocycles. The van der Waals surface area contributed by atoms with E-state index < -0.39 is 6.10 Å². The van der Waals surface area contributed by atoms with Gasteiger partial charge in [0.1, 0.15) is 0 Å². The lowest BCUT2D eigenvalue weighted by molar-refractivity contribution is -0.127. The first-order valence-corrected chi connectivity index (χ1v) is 6.89. The van der Waals surface area contributed by atoms with Crippen LogP contribution in [0.2, 0.25) is 0 Å². The van der Waals surface area contributed by atoms with Crippen molar-refractivity contribution in [3.05, 3.63) is 21.3 Å². The summed E-state index contributed by atoms with van der Waals surface area (Å²) in [6, 6.07) is 5.27. The molecule has 102 valence electrons. The van der Waals surface area contributed by atoms with E-state index in [1.807, 2.05) is 42.5 Å². The number of benzene rings is 1. The third-order valence-electron chi connectivity index (χ3n) is 2.30. The zero-order valence-corrected chi connectivity index (χ0v) is 13.2. The van der Waals surface area contributed by atoms with Crippen molar-refractivity contribution in [2.75, 3.05) is 5.73 Å². The summed E-state index contributed by atoms with van der Waals surface area (Å²) in [6.07, 6.45) is -0.647.